The van der Waals surface area contributed by atoms with E-state index in [9.17, 15) is 0 Å². The summed E-state index contributed by atoms with van der Waals surface area (Å²) in [5.41, 5.74) is 2.17. The zero-order chi connectivity index (χ0) is 13.0. The summed E-state index contributed by atoms with van der Waals surface area (Å²) in [7, 11) is 0. The minimum atomic E-state index is 0.397. The molecule has 96 valence electrons. The fraction of sp³-hybridized carbons (Fsp3) is 0.400. The van der Waals surface area contributed by atoms with Crippen molar-refractivity contribution in [1.29, 1.82) is 0 Å². The molecule has 1 aromatic heterocycles. The molecule has 1 heterocycles. The highest BCUT2D eigenvalue weighted by Crippen LogP contribution is 2.23. The Bertz CT molecular complexity index is 505. The first-order valence-corrected chi connectivity index (χ1v) is 6.92. The average Bonchev–Trinajstić information content (AvgIpc) is 2.38. The van der Waals surface area contributed by atoms with Crippen LogP contribution in [0.1, 0.15) is 20.3 Å². The minimum Gasteiger partial charge on any atom is -0.381 e. The number of nitrogens with zero attached hydrogens (tertiary/aromatic N) is 1. The van der Waals surface area contributed by atoms with E-state index >= 15 is 0 Å². The molecule has 3 heteroatoms. The van der Waals surface area contributed by atoms with Gasteiger partial charge in [-0.25, -0.2) is 0 Å². The van der Waals surface area contributed by atoms with Gasteiger partial charge in [-0.15, -0.1) is 11.6 Å². The SMILES string of the molecule is CC(C)C(CCCl)Nc1ccnc2ccccc12. The van der Waals surface area contributed by atoms with Crippen molar-refractivity contribution in [3.05, 3.63) is 36.5 Å². The maximum absolute atomic E-state index is 5.87. The number of nitrogens with one attached hydrogen (secondary N) is 1. The standard InChI is InChI=1S/C15H19ClN2/c1-11(2)13(7-9-16)18-15-8-10-17-14-6-4-3-5-12(14)15/h3-6,8,10-11,13H,7,9H2,1-2H3,(H,17,18). The number of alkyl halides is 1. The number of aromatic nitrogens is 1. The molecule has 2 aromatic rings. The molecule has 0 fully saturated rings. The molecule has 0 radical (unpaired) electrons. The van der Waals surface area contributed by atoms with Crippen LogP contribution in [-0.4, -0.2) is 16.9 Å². The quantitative estimate of drug-likeness (QED) is 0.813. The number of rotatable bonds is 5. The Balaban J connectivity index is 2.30. The van der Waals surface area contributed by atoms with E-state index in [1.54, 1.807) is 0 Å². The maximum Gasteiger partial charge on any atom is 0.0722 e. The summed E-state index contributed by atoms with van der Waals surface area (Å²) in [6, 6.07) is 10.6. The van der Waals surface area contributed by atoms with Crippen molar-refractivity contribution in [2.75, 3.05) is 11.2 Å². The lowest BCUT2D eigenvalue weighted by Crippen LogP contribution is -2.26. The largest absolute Gasteiger partial charge is 0.381 e. The fourth-order valence-corrected chi connectivity index (χ4v) is 2.35. The van der Waals surface area contributed by atoms with Gasteiger partial charge in [0, 0.05) is 29.2 Å². The zero-order valence-corrected chi connectivity index (χ0v) is 11.6. The summed E-state index contributed by atoms with van der Waals surface area (Å²) in [4.78, 5) is 4.37. The first-order valence-electron chi connectivity index (χ1n) is 6.38. The van der Waals surface area contributed by atoms with Crippen molar-refractivity contribution < 1.29 is 0 Å². The molecule has 0 aliphatic carbocycles. The van der Waals surface area contributed by atoms with Crippen molar-refractivity contribution in [1.82, 2.24) is 4.98 Å². The third-order valence-corrected chi connectivity index (χ3v) is 3.43. The van der Waals surface area contributed by atoms with Gasteiger partial charge in [0.15, 0.2) is 0 Å². The highest BCUT2D eigenvalue weighted by Gasteiger charge is 2.13. The summed E-state index contributed by atoms with van der Waals surface area (Å²) >= 11 is 5.87. The second-order valence-corrected chi connectivity index (χ2v) is 5.23. The van der Waals surface area contributed by atoms with Gasteiger partial charge in [0.2, 0.25) is 0 Å². The molecule has 0 bridgehead atoms. The zero-order valence-electron chi connectivity index (χ0n) is 10.9. The number of hydrogen-bond donors (Lipinski definition) is 1. The molecule has 0 aliphatic rings. The molecule has 0 saturated carbocycles. The van der Waals surface area contributed by atoms with Gasteiger partial charge < -0.3 is 5.32 Å². The summed E-state index contributed by atoms with van der Waals surface area (Å²) in [6.07, 6.45) is 2.82. The monoisotopic (exact) mass is 262 g/mol. The number of hydrogen-bond acceptors (Lipinski definition) is 2. The Morgan fingerprint density at radius 1 is 1.22 bits per heavy atom. The summed E-state index contributed by atoms with van der Waals surface area (Å²) in [5, 5.41) is 4.76. The summed E-state index contributed by atoms with van der Waals surface area (Å²) in [6.45, 7) is 4.43. The molecule has 1 aromatic carbocycles. The molecule has 1 atom stereocenters. The average molecular weight is 263 g/mol. The van der Waals surface area contributed by atoms with Gasteiger partial charge in [-0.2, -0.15) is 0 Å². The first kappa shape index (κ1) is 13.2. The van der Waals surface area contributed by atoms with Crippen molar-refractivity contribution in [3.8, 4) is 0 Å². The van der Waals surface area contributed by atoms with E-state index in [0.29, 0.717) is 17.8 Å². The van der Waals surface area contributed by atoms with Crippen LogP contribution < -0.4 is 5.32 Å². The van der Waals surface area contributed by atoms with E-state index in [1.807, 2.05) is 30.5 Å². The number of anilines is 1. The van der Waals surface area contributed by atoms with Crippen LogP contribution in [0.2, 0.25) is 0 Å². The van der Waals surface area contributed by atoms with Crippen LogP contribution in [0.25, 0.3) is 10.9 Å². The van der Waals surface area contributed by atoms with Crippen LogP contribution in [0.5, 0.6) is 0 Å². The fourth-order valence-electron chi connectivity index (χ4n) is 2.11. The van der Waals surface area contributed by atoms with Gasteiger partial charge in [0.25, 0.3) is 0 Å². The molecule has 0 amide bonds. The van der Waals surface area contributed by atoms with Gasteiger partial charge in [0.1, 0.15) is 0 Å². The van der Waals surface area contributed by atoms with Gasteiger partial charge in [-0.1, -0.05) is 32.0 Å². The molecule has 0 saturated heterocycles. The van der Waals surface area contributed by atoms with Crippen molar-refractivity contribution >= 4 is 28.2 Å². The molecule has 18 heavy (non-hydrogen) atoms. The number of pyridine rings is 1. The van der Waals surface area contributed by atoms with Gasteiger partial charge >= 0.3 is 0 Å². The Morgan fingerprint density at radius 2 is 2.00 bits per heavy atom. The Labute approximate surface area is 113 Å². The van der Waals surface area contributed by atoms with Crippen molar-refractivity contribution in [3.63, 3.8) is 0 Å². The third kappa shape index (κ3) is 2.94. The van der Waals surface area contributed by atoms with Crippen molar-refractivity contribution in [2.45, 2.75) is 26.3 Å². The van der Waals surface area contributed by atoms with Gasteiger partial charge in [-0.3, -0.25) is 4.98 Å². The Kier molecular flexibility index (Phi) is 4.43. The number of fused-ring (bicyclic) bond motifs is 1. The van der Waals surface area contributed by atoms with Crippen molar-refractivity contribution in [2.24, 2.45) is 5.92 Å². The van der Waals surface area contributed by atoms with E-state index in [4.69, 9.17) is 11.6 Å². The second-order valence-electron chi connectivity index (χ2n) is 4.85. The van der Waals surface area contributed by atoms with E-state index in [-0.39, 0.29) is 0 Å². The second kappa shape index (κ2) is 6.05. The van der Waals surface area contributed by atoms with E-state index in [2.05, 4.69) is 30.2 Å². The van der Waals surface area contributed by atoms with Crippen LogP contribution in [0.3, 0.4) is 0 Å². The first-order chi connectivity index (χ1) is 8.72. The van der Waals surface area contributed by atoms with Crippen LogP contribution in [0, 0.1) is 5.92 Å². The molecule has 1 unspecified atom stereocenters. The van der Waals surface area contributed by atoms with E-state index in [0.717, 1.165) is 17.6 Å². The number of halogens is 1. The highest BCUT2D eigenvalue weighted by molar-refractivity contribution is 6.17. The van der Waals surface area contributed by atoms with Crippen LogP contribution in [0.4, 0.5) is 5.69 Å². The third-order valence-electron chi connectivity index (χ3n) is 3.21. The Morgan fingerprint density at radius 3 is 2.72 bits per heavy atom. The molecular formula is C15H19ClN2. The van der Waals surface area contributed by atoms with Crippen LogP contribution in [-0.2, 0) is 0 Å². The number of benzene rings is 1. The summed E-state index contributed by atoms with van der Waals surface area (Å²) in [5.74, 6) is 1.23. The predicted octanol–water partition coefficient (Wildman–Crippen LogP) is 4.30. The van der Waals surface area contributed by atoms with E-state index in [1.165, 1.54) is 5.39 Å². The van der Waals surface area contributed by atoms with Gasteiger partial charge in [0.05, 0.1) is 5.52 Å². The lowest BCUT2D eigenvalue weighted by Gasteiger charge is -2.23. The lowest BCUT2D eigenvalue weighted by atomic mass is 10.0. The summed E-state index contributed by atoms with van der Waals surface area (Å²) < 4.78 is 0. The lowest BCUT2D eigenvalue weighted by molar-refractivity contribution is 0.513. The topological polar surface area (TPSA) is 24.9 Å². The van der Waals surface area contributed by atoms with E-state index < -0.39 is 0 Å². The maximum atomic E-state index is 5.87. The minimum absolute atomic E-state index is 0.397. The number of para-hydroxylation sites is 1. The normalized spacial score (nSPS) is 12.9. The smallest absolute Gasteiger partial charge is 0.0722 e. The predicted molar refractivity (Wildman–Crippen MR) is 79.3 cm³/mol. The molecular weight excluding hydrogens is 244 g/mol. The highest BCUT2D eigenvalue weighted by atomic mass is 35.5. The van der Waals surface area contributed by atoms with Crippen LogP contribution >= 0.6 is 11.6 Å². The molecule has 2 rings (SSSR count). The molecule has 2 nitrogen and oxygen atoms in total. The molecule has 0 spiro atoms. The molecule has 1 N–H and O–H groups in total. The Hall–Kier alpha value is -1.28. The van der Waals surface area contributed by atoms with Crippen LogP contribution in [0.15, 0.2) is 36.5 Å². The molecule has 0 aliphatic heterocycles. The van der Waals surface area contributed by atoms with Gasteiger partial charge in [-0.05, 0) is 24.5 Å².